The molecule has 17 heavy (non-hydrogen) atoms. The predicted octanol–water partition coefficient (Wildman–Crippen LogP) is 1.54. The lowest BCUT2D eigenvalue weighted by Crippen LogP contribution is -2.34. The summed E-state index contributed by atoms with van der Waals surface area (Å²) in [5.41, 5.74) is 8.13. The van der Waals surface area contributed by atoms with Crippen LogP contribution in [0.3, 0.4) is 0 Å². The minimum absolute atomic E-state index is 0.253. The topological polar surface area (TPSA) is 72.5 Å². The molecule has 5 nitrogen and oxygen atoms in total. The normalized spacial score (nSPS) is 18.7. The van der Waals surface area contributed by atoms with Crippen molar-refractivity contribution in [2.24, 2.45) is 12.8 Å². The Bertz CT molecular complexity index is 518. The number of hydrogen-bond donors (Lipinski definition) is 2. The quantitative estimate of drug-likeness (QED) is 0.823. The Balaban J connectivity index is 1.96. The average Bonchev–Trinajstić information content (AvgIpc) is 2.97. The Morgan fingerprint density at radius 2 is 2.18 bits per heavy atom. The summed E-state index contributed by atoms with van der Waals surface area (Å²) in [6.45, 7) is 0. The molecular formula is C12H17N5. The molecule has 0 aliphatic heterocycles. The van der Waals surface area contributed by atoms with Gasteiger partial charge in [0.1, 0.15) is 5.82 Å². The standard InChI is InChI=1S/C12H17N5/c1-17-10(4-7-15-17)9-8-14-11(16-9)12(13)5-2-3-6-12/h4,7-8H,2-3,5-6,13H2,1H3,(H,14,16). The third-order valence-corrected chi connectivity index (χ3v) is 3.64. The summed E-state index contributed by atoms with van der Waals surface area (Å²) < 4.78 is 1.83. The maximum Gasteiger partial charge on any atom is 0.126 e. The third-order valence-electron chi connectivity index (χ3n) is 3.64. The fourth-order valence-corrected chi connectivity index (χ4v) is 2.59. The molecule has 0 bridgehead atoms. The van der Waals surface area contributed by atoms with E-state index in [4.69, 9.17) is 5.73 Å². The van der Waals surface area contributed by atoms with E-state index in [2.05, 4.69) is 15.1 Å². The number of aromatic amines is 1. The van der Waals surface area contributed by atoms with Crippen LogP contribution in [0.2, 0.25) is 0 Å². The van der Waals surface area contributed by atoms with Gasteiger partial charge in [0.05, 0.1) is 23.1 Å². The first-order valence-corrected chi connectivity index (χ1v) is 6.02. The summed E-state index contributed by atoms with van der Waals surface area (Å²) in [6.07, 6.45) is 8.05. The Kier molecular flexibility index (Phi) is 2.29. The highest BCUT2D eigenvalue weighted by molar-refractivity contribution is 5.53. The van der Waals surface area contributed by atoms with Crippen molar-refractivity contribution in [3.8, 4) is 11.4 Å². The molecule has 1 aliphatic rings. The third kappa shape index (κ3) is 1.67. The van der Waals surface area contributed by atoms with Crippen molar-refractivity contribution < 1.29 is 0 Å². The van der Waals surface area contributed by atoms with E-state index in [1.807, 2.05) is 24.0 Å². The van der Waals surface area contributed by atoms with E-state index < -0.39 is 0 Å². The molecule has 2 aromatic rings. The van der Waals surface area contributed by atoms with Crippen LogP contribution in [0.15, 0.2) is 18.5 Å². The van der Waals surface area contributed by atoms with Gasteiger partial charge >= 0.3 is 0 Å². The molecule has 0 atom stereocenters. The number of imidazole rings is 1. The van der Waals surface area contributed by atoms with Gasteiger partial charge in [0, 0.05) is 13.2 Å². The lowest BCUT2D eigenvalue weighted by atomic mass is 9.99. The maximum absolute atomic E-state index is 6.37. The van der Waals surface area contributed by atoms with Gasteiger partial charge in [0.2, 0.25) is 0 Å². The van der Waals surface area contributed by atoms with Crippen molar-refractivity contribution in [3.05, 3.63) is 24.3 Å². The summed E-state index contributed by atoms with van der Waals surface area (Å²) in [5.74, 6) is 0.909. The van der Waals surface area contributed by atoms with Crippen molar-refractivity contribution in [1.29, 1.82) is 0 Å². The molecule has 1 aliphatic carbocycles. The molecule has 3 rings (SSSR count). The smallest absolute Gasteiger partial charge is 0.126 e. The highest BCUT2D eigenvalue weighted by Gasteiger charge is 2.34. The molecule has 0 amide bonds. The molecule has 0 saturated heterocycles. The number of H-pyrrole nitrogens is 1. The molecule has 0 unspecified atom stereocenters. The SMILES string of the molecule is Cn1nccc1-c1cnc(C2(N)CCCC2)[nH]1. The van der Waals surface area contributed by atoms with E-state index in [0.29, 0.717) is 0 Å². The van der Waals surface area contributed by atoms with Gasteiger partial charge in [0.25, 0.3) is 0 Å². The summed E-state index contributed by atoms with van der Waals surface area (Å²) in [6, 6.07) is 1.97. The monoisotopic (exact) mass is 231 g/mol. The van der Waals surface area contributed by atoms with Crippen LogP contribution in [-0.4, -0.2) is 19.7 Å². The van der Waals surface area contributed by atoms with Crippen molar-refractivity contribution in [2.45, 2.75) is 31.2 Å². The molecule has 3 N–H and O–H groups in total. The first-order valence-electron chi connectivity index (χ1n) is 6.02. The van der Waals surface area contributed by atoms with Crippen molar-refractivity contribution in [2.75, 3.05) is 0 Å². The summed E-state index contributed by atoms with van der Waals surface area (Å²) >= 11 is 0. The summed E-state index contributed by atoms with van der Waals surface area (Å²) in [7, 11) is 1.92. The molecule has 2 heterocycles. The molecule has 90 valence electrons. The fraction of sp³-hybridized carbons (Fsp3) is 0.500. The van der Waals surface area contributed by atoms with Gasteiger partial charge in [-0.1, -0.05) is 12.8 Å². The second-order valence-electron chi connectivity index (χ2n) is 4.85. The highest BCUT2D eigenvalue weighted by Crippen LogP contribution is 2.35. The Morgan fingerprint density at radius 3 is 2.82 bits per heavy atom. The summed E-state index contributed by atoms with van der Waals surface area (Å²) in [4.78, 5) is 7.79. The molecule has 0 aromatic carbocycles. The maximum atomic E-state index is 6.37. The van der Waals surface area contributed by atoms with Gasteiger partial charge in [-0.05, 0) is 18.9 Å². The van der Waals surface area contributed by atoms with Crippen LogP contribution in [0.4, 0.5) is 0 Å². The van der Waals surface area contributed by atoms with Gasteiger partial charge in [0.15, 0.2) is 0 Å². The molecule has 0 radical (unpaired) electrons. The molecule has 1 saturated carbocycles. The van der Waals surface area contributed by atoms with Crippen molar-refractivity contribution in [1.82, 2.24) is 19.7 Å². The zero-order valence-electron chi connectivity index (χ0n) is 9.98. The lowest BCUT2D eigenvalue weighted by Gasteiger charge is -2.20. The van der Waals surface area contributed by atoms with Crippen LogP contribution >= 0.6 is 0 Å². The molecule has 1 fully saturated rings. The fourth-order valence-electron chi connectivity index (χ4n) is 2.59. The first-order chi connectivity index (χ1) is 8.19. The van der Waals surface area contributed by atoms with Gasteiger partial charge in [-0.2, -0.15) is 5.10 Å². The van der Waals surface area contributed by atoms with Crippen LogP contribution in [-0.2, 0) is 12.6 Å². The number of nitrogens with two attached hydrogens (primary N) is 1. The van der Waals surface area contributed by atoms with E-state index in [-0.39, 0.29) is 5.54 Å². The first kappa shape index (κ1) is 10.5. The van der Waals surface area contributed by atoms with Gasteiger partial charge in [-0.25, -0.2) is 4.98 Å². The van der Waals surface area contributed by atoms with E-state index >= 15 is 0 Å². The summed E-state index contributed by atoms with van der Waals surface area (Å²) in [5, 5.41) is 4.15. The van der Waals surface area contributed by atoms with E-state index in [0.717, 1.165) is 30.1 Å². The van der Waals surface area contributed by atoms with Crippen LogP contribution < -0.4 is 5.73 Å². The number of aryl methyl sites for hydroxylation is 1. The van der Waals surface area contributed by atoms with Gasteiger partial charge in [-0.15, -0.1) is 0 Å². The van der Waals surface area contributed by atoms with Crippen LogP contribution in [0.1, 0.15) is 31.5 Å². The van der Waals surface area contributed by atoms with Gasteiger partial charge < -0.3 is 10.7 Å². The average molecular weight is 231 g/mol. The van der Waals surface area contributed by atoms with E-state index in [9.17, 15) is 0 Å². The van der Waals surface area contributed by atoms with Crippen molar-refractivity contribution in [3.63, 3.8) is 0 Å². The molecule has 2 aromatic heterocycles. The van der Waals surface area contributed by atoms with Crippen molar-refractivity contribution >= 4 is 0 Å². The van der Waals surface area contributed by atoms with Gasteiger partial charge in [-0.3, -0.25) is 4.68 Å². The minimum Gasteiger partial charge on any atom is -0.339 e. The molecular weight excluding hydrogens is 214 g/mol. The predicted molar refractivity (Wildman–Crippen MR) is 65.1 cm³/mol. The number of rotatable bonds is 2. The lowest BCUT2D eigenvalue weighted by molar-refractivity contribution is 0.436. The van der Waals surface area contributed by atoms with E-state index in [1.165, 1.54) is 12.8 Å². The minimum atomic E-state index is -0.253. The number of aromatic nitrogens is 4. The number of nitrogens with zero attached hydrogens (tertiary/aromatic N) is 3. The second-order valence-corrected chi connectivity index (χ2v) is 4.85. The number of nitrogens with one attached hydrogen (secondary N) is 1. The van der Waals surface area contributed by atoms with Crippen LogP contribution in [0.5, 0.6) is 0 Å². The zero-order chi connectivity index (χ0) is 11.9. The van der Waals surface area contributed by atoms with E-state index in [1.54, 1.807) is 6.20 Å². The molecule has 0 spiro atoms. The number of hydrogen-bond acceptors (Lipinski definition) is 3. The zero-order valence-corrected chi connectivity index (χ0v) is 9.98. The Labute approximate surface area is 100 Å². The van der Waals surface area contributed by atoms with Crippen LogP contribution in [0, 0.1) is 0 Å². The Hall–Kier alpha value is -1.62. The second kappa shape index (κ2) is 3.70. The highest BCUT2D eigenvalue weighted by atomic mass is 15.3. The largest absolute Gasteiger partial charge is 0.339 e. The van der Waals surface area contributed by atoms with Crippen LogP contribution in [0.25, 0.3) is 11.4 Å². The Morgan fingerprint density at radius 1 is 1.41 bits per heavy atom. The molecule has 5 heteroatoms.